The lowest BCUT2D eigenvalue weighted by Crippen LogP contribution is -2.19. The normalized spacial score (nSPS) is 20.7. The predicted octanol–water partition coefficient (Wildman–Crippen LogP) is 7.00. The Balaban J connectivity index is 1.75. The van der Waals surface area contributed by atoms with Crippen molar-refractivity contribution in [1.82, 2.24) is 0 Å². The van der Waals surface area contributed by atoms with Crippen LogP contribution in [-0.2, 0) is 4.74 Å². The Kier molecular flexibility index (Phi) is 7.59. The fourth-order valence-electron chi connectivity index (χ4n) is 4.26. The van der Waals surface area contributed by atoms with Crippen molar-refractivity contribution in [2.45, 2.75) is 45.4 Å². The van der Waals surface area contributed by atoms with E-state index in [1.807, 2.05) is 7.11 Å². The molecule has 2 atom stereocenters. The molecule has 2 aromatic carbocycles. The number of ether oxygens (including phenoxy) is 1. The highest BCUT2D eigenvalue weighted by Crippen LogP contribution is 2.37. The van der Waals surface area contributed by atoms with Crippen molar-refractivity contribution < 1.29 is 4.74 Å². The molecule has 0 N–H and O–H groups in total. The summed E-state index contributed by atoms with van der Waals surface area (Å²) in [5.41, 5.74) is 2.62. The van der Waals surface area contributed by atoms with Gasteiger partial charge in [-0.15, -0.1) is 0 Å². The summed E-state index contributed by atoms with van der Waals surface area (Å²) in [5, 5.41) is 0. The van der Waals surface area contributed by atoms with Crippen LogP contribution < -0.4 is 0 Å². The van der Waals surface area contributed by atoms with E-state index < -0.39 is 0 Å². The van der Waals surface area contributed by atoms with Gasteiger partial charge in [-0.05, 0) is 36.8 Å². The summed E-state index contributed by atoms with van der Waals surface area (Å²) in [4.78, 5) is 0. The maximum Gasteiger partial charge on any atom is 0.241 e. The SMILES string of the molecule is CO[C+](C)C1CCCCCC1/C=C/C[C](c1ccccc1)c1ccccc1. The van der Waals surface area contributed by atoms with E-state index in [-0.39, 0.29) is 0 Å². The van der Waals surface area contributed by atoms with Crippen LogP contribution in [0.25, 0.3) is 0 Å². The maximum atomic E-state index is 5.62. The average molecular weight is 361 g/mol. The molecule has 1 radical (unpaired) electrons. The topological polar surface area (TPSA) is 9.23 Å². The number of benzene rings is 2. The van der Waals surface area contributed by atoms with Gasteiger partial charge in [0.25, 0.3) is 0 Å². The average Bonchev–Trinajstić information content (AvgIpc) is 2.97. The molecule has 2 aromatic rings. The van der Waals surface area contributed by atoms with Crippen molar-refractivity contribution in [3.05, 3.63) is 96.0 Å². The van der Waals surface area contributed by atoms with Gasteiger partial charge in [0, 0.05) is 11.8 Å². The quantitative estimate of drug-likeness (QED) is 0.293. The molecule has 141 valence electrons. The molecule has 0 bridgehead atoms. The lowest BCUT2D eigenvalue weighted by atomic mass is 9.82. The minimum atomic E-state index is 0.561. The van der Waals surface area contributed by atoms with Crippen LogP contribution in [0.15, 0.2) is 72.8 Å². The van der Waals surface area contributed by atoms with E-state index in [2.05, 4.69) is 79.7 Å². The lowest BCUT2D eigenvalue weighted by Gasteiger charge is -2.19. The van der Waals surface area contributed by atoms with Gasteiger partial charge in [-0.25, -0.2) is 0 Å². The Labute approximate surface area is 165 Å². The molecule has 1 heteroatoms. The van der Waals surface area contributed by atoms with Gasteiger partial charge in [0.2, 0.25) is 6.10 Å². The number of rotatable bonds is 7. The molecule has 3 rings (SSSR count). The standard InChI is InChI=1S/C26H32O/c1-21(27-2)25-19-11-5-10-13-22(25)18-12-20-26(23-14-6-3-7-15-23)24-16-8-4-9-17-24/h3-4,6-9,12,14-18,22,25H,5,10-11,13,19-20H2,1-2H3/q+1/b18-12+. The van der Waals surface area contributed by atoms with E-state index >= 15 is 0 Å². The first-order chi connectivity index (χ1) is 13.3. The molecule has 1 saturated carbocycles. The third-order valence-corrected chi connectivity index (χ3v) is 5.86. The lowest BCUT2D eigenvalue weighted by molar-refractivity contribution is 0.139. The molecular weight excluding hydrogens is 328 g/mol. The molecule has 0 amide bonds. The Bertz CT molecular complexity index is 636. The first-order valence-corrected chi connectivity index (χ1v) is 10.3. The largest absolute Gasteiger partial charge is 0.241 e. The summed E-state index contributed by atoms with van der Waals surface area (Å²) < 4.78 is 5.62. The summed E-state index contributed by atoms with van der Waals surface area (Å²) in [6.07, 6.45) is 13.5. The van der Waals surface area contributed by atoms with Gasteiger partial charge >= 0.3 is 0 Å². The molecule has 2 unspecified atom stereocenters. The molecule has 0 saturated heterocycles. The predicted molar refractivity (Wildman–Crippen MR) is 114 cm³/mol. The van der Waals surface area contributed by atoms with E-state index in [0.717, 1.165) is 6.42 Å². The zero-order valence-electron chi connectivity index (χ0n) is 16.7. The van der Waals surface area contributed by atoms with Crippen molar-refractivity contribution >= 4 is 0 Å². The van der Waals surface area contributed by atoms with E-state index in [4.69, 9.17) is 4.74 Å². The summed E-state index contributed by atoms with van der Waals surface area (Å²) in [6, 6.07) is 21.5. The second-order valence-corrected chi connectivity index (χ2v) is 7.57. The van der Waals surface area contributed by atoms with Gasteiger partial charge < -0.3 is 0 Å². The molecule has 1 aliphatic rings. The van der Waals surface area contributed by atoms with Gasteiger partial charge in [-0.2, -0.15) is 4.74 Å². The van der Waals surface area contributed by atoms with E-state index in [1.54, 1.807) is 0 Å². The summed E-state index contributed by atoms with van der Waals surface area (Å²) >= 11 is 0. The molecule has 27 heavy (non-hydrogen) atoms. The zero-order valence-corrected chi connectivity index (χ0v) is 16.7. The van der Waals surface area contributed by atoms with Gasteiger partial charge in [-0.3, -0.25) is 0 Å². The van der Waals surface area contributed by atoms with Crippen molar-refractivity contribution in [2.75, 3.05) is 7.11 Å². The minimum absolute atomic E-state index is 0.561. The molecule has 0 heterocycles. The highest BCUT2D eigenvalue weighted by atomic mass is 16.5. The second kappa shape index (κ2) is 10.4. The van der Waals surface area contributed by atoms with Gasteiger partial charge in [-0.1, -0.05) is 85.7 Å². The van der Waals surface area contributed by atoms with Crippen LogP contribution in [0.1, 0.15) is 56.6 Å². The third-order valence-electron chi connectivity index (χ3n) is 5.86. The molecule has 0 spiro atoms. The van der Waals surface area contributed by atoms with Crippen LogP contribution in [-0.4, -0.2) is 7.11 Å². The monoisotopic (exact) mass is 360 g/mol. The first kappa shape index (κ1) is 19.8. The second-order valence-electron chi connectivity index (χ2n) is 7.57. The smallest absolute Gasteiger partial charge is 0.197 e. The van der Waals surface area contributed by atoms with Crippen molar-refractivity contribution in [3.8, 4) is 0 Å². The first-order valence-electron chi connectivity index (χ1n) is 10.3. The number of allylic oxidation sites excluding steroid dienone is 2. The summed E-state index contributed by atoms with van der Waals surface area (Å²) in [5.74, 6) is 2.55. The van der Waals surface area contributed by atoms with Crippen molar-refractivity contribution in [2.24, 2.45) is 11.8 Å². The van der Waals surface area contributed by atoms with Crippen LogP contribution in [0.5, 0.6) is 0 Å². The molecular formula is C26H32O+. The number of methoxy groups -OCH3 is 1. The maximum absolute atomic E-state index is 5.62. The Morgan fingerprint density at radius 1 is 0.926 bits per heavy atom. The third kappa shape index (κ3) is 5.49. The zero-order chi connectivity index (χ0) is 18.9. The number of hydrogen-bond acceptors (Lipinski definition) is 1. The highest BCUT2D eigenvalue weighted by Gasteiger charge is 2.35. The fraction of sp³-hybridized carbons (Fsp3) is 0.385. The molecule has 1 aliphatic carbocycles. The molecule has 0 aliphatic heterocycles. The van der Waals surface area contributed by atoms with E-state index in [0.29, 0.717) is 11.8 Å². The molecule has 0 aromatic heterocycles. The van der Waals surface area contributed by atoms with Crippen molar-refractivity contribution in [3.63, 3.8) is 0 Å². The van der Waals surface area contributed by atoms with E-state index in [1.165, 1.54) is 55.3 Å². The molecule has 1 fully saturated rings. The number of hydrogen-bond donors (Lipinski definition) is 0. The van der Waals surface area contributed by atoms with Crippen LogP contribution >= 0.6 is 0 Å². The Hall–Kier alpha value is -1.99. The van der Waals surface area contributed by atoms with Crippen LogP contribution in [0, 0.1) is 23.9 Å². The van der Waals surface area contributed by atoms with Crippen LogP contribution in [0.2, 0.25) is 0 Å². The van der Waals surface area contributed by atoms with E-state index in [9.17, 15) is 0 Å². The van der Waals surface area contributed by atoms with Crippen molar-refractivity contribution in [1.29, 1.82) is 0 Å². The van der Waals surface area contributed by atoms with Gasteiger partial charge in [0.15, 0.2) is 0 Å². The van der Waals surface area contributed by atoms with Crippen LogP contribution in [0.3, 0.4) is 0 Å². The summed E-state index contributed by atoms with van der Waals surface area (Å²) in [6.45, 7) is 2.16. The van der Waals surface area contributed by atoms with Crippen LogP contribution in [0.4, 0.5) is 0 Å². The van der Waals surface area contributed by atoms with Gasteiger partial charge in [0.05, 0.1) is 7.11 Å². The Morgan fingerprint density at radius 2 is 1.52 bits per heavy atom. The Morgan fingerprint density at radius 3 is 2.11 bits per heavy atom. The molecule has 1 nitrogen and oxygen atoms in total. The fourth-order valence-corrected chi connectivity index (χ4v) is 4.26. The van der Waals surface area contributed by atoms with Gasteiger partial charge in [0.1, 0.15) is 12.8 Å². The summed E-state index contributed by atoms with van der Waals surface area (Å²) in [7, 11) is 1.82. The highest BCUT2D eigenvalue weighted by molar-refractivity contribution is 5.46. The minimum Gasteiger partial charge on any atom is -0.197 e.